The van der Waals surface area contributed by atoms with Crippen molar-refractivity contribution in [2.45, 2.75) is 50.5 Å². The number of para-hydroxylation sites is 1. The number of rotatable bonds is 5. The van der Waals surface area contributed by atoms with Crippen LogP contribution in [0.15, 0.2) is 42.5 Å². The smallest absolute Gasteiger partial charge is 0.340 e. The topological polar surface area (TPSA) is 91.8 Å². The summed E-state index contributed by atoms with van der Waals surface area (Å²) in [7, 11) is 1.28. The number of carbonyl (C=O) groups excluding carboxylic acids is 2. The van der Waals surface area contributed by atoms with Gasteiger partial charge in [-0.3, -0.25) is 4.79 Å². The van der Waals surface area contributed by atoms with Crippen LogP contribution in [0.1, 0.15) is 46.0 Å². The minimum atomic E-state index is -0.607. The summed E-state index contributed by atoms with van der Waals surface area (Å²) in [6.07, 6.45) is 1.41. The van der Waals surface area contributed by atoms with Crippen molar-refractivity contribution >= 4 is 46.5 Å². The number of carbonyl (C=O) groups is 2. The van der Waals surface area contributed by atoms with Gasteiger partial charge in [0.25, 0.3) is 5.91 Å². The lowest BCUT2D eigenvalue weighted by Gasteiger charge is -2.45. The highest BCUT2D eigenvalue weighted by molar-refractivity contribution is 6.40. The Morgan fingerprint density at radius 1 is 1.04 bits per heavy atom. The van der Waals surface area contributed by atoms with E-state index in [1.807, 2.05) is 17.9 Å². The standard InChI is InChI=1S/C33H32Cl2FN3O6/c1-17-29(40)13-38(17)21-8-25(34)30(26(35)9-21)32(41)37-12-18-4-3-5-22(31(18)45-16-37)23-11-28(24(10-27(23)36)33(42)43-2)39-19-6-7-20(39)15-44-14-19/h3-5,8-11,17,19-20,29,40H,6-7,12-16H2,1-2H3/t17-,19?,20?,29?/m1/s1. The van der Waals surface area contributed by atoms with Crippen LogP contribution in [-0.2, 0) is 16.0 Å². The van der Waals surface area contributed by atoms with Gasteiger partial charge in [0.05, 0.1) is 78.0 Å². The molecule has 236 valence electrons. The molecule has 0 aromatic heterocycles. The summed E-state index contributed by atoms with van der Waals surface area (Å²) in [5.41, 5.74) is 3.15. The molecule has 1 amide bonds. The number of anilines is 2. The summed E-state index contributed by atoms with van der Waals surface area (Å²) in [5.74, 6) is -1.13. The van der Waals surface area contributed by atoms with Gasteiger partial charge in [-0.15, -0.1) is 0 Å². The van der Waals surface area contributed by atoms with Crippen LogP contribution in [0.25, 0.3) is 11.1 Å². The maximum absolute atomic E-state index is 15.8. The van der Waals surface area contributed by atoms with Crippen LogP contribution in [0.5, 0.6) is 5.75 Å². The lowest BCUT2D eigenvalue weighted by molar-refractivity contribution is 0.0515. The van der Waals surface area contributed by atoms with Crippen LogP contribution in [0, 0.1) is 5.82 Å². The van der Waals surface area contributed by atoms with Crippen molar-refractivity contribution < 1.29 is 33.3 Å². The molecular weight excluding hydrogens is 624 g/mol. The molecular formula is C33H32Cl2FN3O6. The van der Waals surface area contributed by atoms with Crippen LogP contribution in [0.4, 0.5) is 15.8 Å². The van der Waals surface area contributed by atoms with Crippen LogP contribution < -0.4 is 14.5 Å². The van der Waals surface area contributed by atoms with Crippen LogP contribution in [0.3, 0.4) is 0 Å². The summed E-state index contributed by atoms with van der Waals surface area (Å²) in [5, 5.41) is 10.3. The Kier molecular flexibility index (Phi) is 7.80. The van der Waals surface area contributed by atoms with Gasteiger partial charge in [-0.25, -0.2) is 9.18 Å². The highest BCUT2D eigenvalue weighted by Gasteiger charge is 2.40. The number of ether oxygens (including phenoxy) is 3. The number of morpholine rings is 1. The van der Waals surface area contributed by atoms with Gasteiger partial charge in [-0.2, -0.15) is 0 Å². The number of aliphatic hydroxyl groups excluding tert-OH is 1. The predicted molar refractivity (Wildman–Crippen MR) is 168 cm³/mol. The number of nitrogens with zero attached hydrogens (tertiary/aromatic N) is 3. The molecule has 4 aliphatic heterocycles. The SMILES string of the molecule is COC(=O)c1cc(F)c(-c2cccc3c2OCN(C(=O)c2c(Cl)cc(N4CC(O)[C@H]4C)cc2Cl)C3)cc1N1C2CCC1COC2. The van der Waals surface area contributed by atoms with Gasteiger partial charge in [0.2, 0.25) is 0 Å². The first-order chi connectivity index (χ1) is 21.7. The Hall–Kier alpha value is -3.57. The van der Waals surface area contributed by atoms with Crippen molar-refractivity contribution in [3.63, 3.8) is 0 Å². The number of β-amino-alcohol motifs (C(OH)–C–C–N with tert-alkyl or cyclic N) is 1. The molecule has 0 radical (unpaired) electrons. The third-order valence-corrected chi connectivity index (χ3v) is 10.0. The quantitative estimate of drug-likeness (QED) is 0.360. The number of hydrogen-bond donors (Lipinski definition) is 1. The molecule has 4 aliphatic rings. The van der Waals surface area contributed by atoms with E-state index >= 15 is 4.39 Å². The van der Waals surface area contributed by atoms with E-state index in [0.717, 1.165) is 18.5 Å². The van der Waals surface area contributed by atoms with Gasteiger partial charge in [-0.1, -0.05) is 41.4 Å². The summed E-state index contributed by atoms with van der Waals surface area (Å²) >= 11 is 13.2. The van der Waals surface area contributed by atoms with Crippen molar-refractivity contribution in [1.82, 2.24) is 4.90 Å². The summed E-state index contributed by atoms with van der Waals surface area (Å²) in [6, 6.07) is 11.8. The lowest BCUT2D eigenvalue weighted by Crippen LogP contribution is -2.58. The fourth-order valence-corrected chi connectivity index (χ4v) is 7.55. The van der Waals surface area contributed by atoms with Gasteiger partial charge < -0.3 is 34.0 Å². The average Bonchev–Trinajstić information content (AvgIpc) is 3.28. The molecule has 3 aromatic rings. The maximum atomic E-state index is 15.8. The Morgan fingerprint density at radius 3 is 2.40 bits per heavy atom. The molecule has 3 unspecified atom stereocenters. The summed E-state index contributed by atoms with van der Waals surface area (Å²) in [4.78, 5) is 32.0. The zero-order valence-corrected chi connectivity index (χ0v) is 26.3. The van der Waals surface area contributed by atoms with Crippen LogP contribution in [0.2, 0.25) is 10.0 Å². The number of methoxy groups -OCH3 is 1. The molecule has 9 nitrogen and oxygen atoms in total. The second-order valence-corrected chi connectivity index (χ2v) is 12.8. The highest BCUT2D eigenvalue weighted by atomic mass is 35.5. The summed E-state index contributed by atoms with van der Waals surface area (Å²) in [6.45, 7) is 3.52. The molecule has 12 heteroatoms. The number of esters is 1. The van der Waals surface area contributed by atoms with E-state index in [4.69, 9.17) is 37.4 Å². The molecule has 45 heavy (non-hydrogen) atoms. The zero-order chi connectivity index (χ0) is 31.6. The molecule has 3 fully saturated rings. The lowest BCUT2D eigenvalue weighted by atomic mass is 9.96. The van der Waals surface area contributed by atoms with E-state index in [1.54, 1.807) is 30.3 Å². The monoisotopic (exact) mass is 655 g/mol. The Labute approximate surface area is 270 Å². The van der Waals surface area contributed by atoms with Crippen molar-refractivity contribution in [3.8, 4) is 16.9 Å². The fraction of sp³-hybridized carbons (Fsp3) is 0.394. The Balaban J connectivity index is 1.20. The van der Waals surface area contributed by atoms with E-state index < -0.39 is 23.8 Å². The number of halogens is 3. The first-order valence-corrected chi connectivity index (χ1v) is 15.7. The van der Waals surface area contributed by atoms with E-state index in [1.165, 1.54) is 18.1 Å². The second-order valence-electron chi connectivity index (χ2n) is 12.0. The van der Waals surface area contributed by atoms with Crippen LogP contribution >= 0.6 is 23.2 Å². The number of amides is 1. The molecule has 0 aliphatic carbocycles. The van der Waals surface area contributed by atoms with E-state index in [-0.39, 0.29) is 58.1 Å². The molecule has 3 aromatic carbocycles. The maximum Gasteiger partial charge on any atom is 0.340 e. The minimum Gasteiger partial charge on any atom is -0.472 e. The normalized spacial score (nSPS) is 23.7. The van der Waals surface area contributed by atoms with Gasteiger partial charge in [0.1, 0.15) is 11.6 Å². The predicted octanol–water partition coefficient (Wildman–Crippen LogP) is 5.52. The zero-order valence-electron chi connectivity index (χ0n) is 24.8. The molecule has 2 bridgehead atoms. The molecule has 1 N–H and O–H groups in total. The number of aliphatic hydroxyl groups is 1. The van der Waals surface area contributed by atoms with Crippen molar-refractivity contribution in [1.29, 1.82) is 0 Å². The third kappa shape index (κ3) is 5.08. The average molecular weight is 657 g/mol. The molecule has 3 saturated heterocycles. The highest BCUT2D eigenvalue weighted by Crippen LogP contribution is 2.44. The van der Waals surface area contributed by atoms with Crippen molar-refractivity contribution in [2.75, 3.05) is 43.4 Å². The number of hydrogen-bond acceptors (Lipinski definition) is 8. The van der Waals surface area contributed by atoms with Gasteiger partial charge in [-0.05, 0) is 44.0 Å². The van der Waals surface area contributed by atoms with E-state index in [2.05, 4.69) is 4.90 Å². The number of fused-ring (bicyclic) bond motifs is 3. The first kappa shape index (κ1) is 30.1. The molecule has 7 rings (SSSR count). The minimum absolute atomic E-state index is 0.0820. The Bertz CT molecular complexity index is 1670. The van der Waals surface area contributed by atoms with Crippen LogP contribution in [-0.4, -0.2) is 79.7 Å². The first-order valence-electron chi connectivity index (χ1n) is 14.9. The summed E-state index contributed by atoms with van der Waals surface area (Å²) < 4.78 is 32.7. The Morgan fingerprint density at radius 2 is 1.76 bits per heavy atom. The van der Waals surface area contributed by atoms with Crippen molar-refractivity contribution in [2.24, 2.45) is 0 Å². The van der Waals surface area contributed by atoms with Gasteiger partial charge in [0, 0.05) is 28.9 Å². The van der Waals surface area contributed by atoms with E-state index in [9.17, 15) is 14.7 Å². The van der Waals surface area contributed by atoms with Crippen molar-refractivity contribution in [3.05, 3.63) is 75.0 Å². The van der Waals surface area contributed by atoms with E-state index in [0.29, 0.717) is 42.3 Å². The fourth-order valence-electron chi connectivity index (χ4n) is 6.91. The van der Waals surface area contributed by atoms with Gasteiger partial charge >= 0.3 is 5.97 Å². The molecule has 4 heterocycles. The largest absolute Gasteiger partial charge is 0.472 e. The third-order valence-electron chi connectivity index (χ3n) is 9.41. The number of benzene rings is 3. The molecule has 4 atom stereocenters. The second kappa shape index (κ2) is 11.7. The van der Waals surface area contributed by atoms with Gasteiger partial charge in [0.15, 0.2) is 6.73 Å². The molecule has 0 saturated carbocycles. The molecule has 0 spiro atoms.